The summed E-state index contributed by atoms with van der Waals surface area (Å²) in [6.07, 6.45) is 0. The highest BCUT2D eigenvalue weighted by Crippen LogP contribution is 2.33. The summed E-state index contributed by atoms with van der Waals surface area (Å²) in [5.74, 6) is 0.448. The van der Waals surface area contributed by atoms with E-state index in [0.29, 0.717) is 17.8 Å². The minimum atomic E-state index is 0.405. The third kappa shape index (κ3) is 1.18. The summed E-state index contributed by atoms with van der Waals surface area (Å²) >= 11 is 0. The Labute approximate surface area is 91.2 Å². The van der Waals surface area contributed by atoms with Crippen molar-refractivity contribution in [3.63, 3.8) is 0 Å². The fourth-order valence-electron chi connectivity index (χ4n) is 1.87. The molecule has 3 heteroatoms. The van der Waals surface area contributed by atoms with Crippen LogP contribution in [-0.2, 0) is 4.79 Å². The Morgan fingerprint density at radius 2 is 1.81 bits per heavy atom. The lowest BCUT2D eigenvalue weighted by molar-refractivity contribution is -0.120. The monoisotopic (exact) mass is 212 g/mol. The molecule has 2 aromatic carbocycles. The quantitative estimate of drug-likeness (QED) is 0.612. The van der Waals surface area contributed by atoms with Crippen LogP contribution in [0.15, 0.2) is 46.9 Å². The van der Waals surface area contributed by atoms with E-state index in [2.05, 4.69) is 0 Å². The maximum atomic E-state index is 10.4. The highest BCUT2D eigenvalue weighted by atomic mass is 16.5. The van der Waals surface area contributed by atoms with E-state index >= 15 is 0 Å². The molecular weight excluding hydrogens is 204 g/mol. The summed E-state index contributed by atoms with van der Waals surface area (Å²) < 4.78 is 10.5. The van der Waals surface area contributed by atoms with Gasteiger partial charge in [-0.2, -0.15) is 0 Å². The number of carbonyl (C=O) groups is 1. The van der Waals surface area contributed by atoms with Crippen molar-refractivity contribution >= 4 is 28.4 Å². The Balaban J connectivity index is 2.43. The number of hydrogen-bond acceptors (Lipinski definition) is 3. The number of carbonyl (C=O) groups excluding carboxylic acids is 1. The van der Waals surface area contributed by atoms with Gasteiger partial charge in [-0.3, -0.25) is 4.79 Å². The lowest BCUT2D eigenvalue weighted by atomic mass is 10.1. The van der Waals surface area contributed by atoms with Crippen molar-refractivity contribution in [2.45, 2.75) is 0 Å². The Morgan fingerprint density at radius 1 is 1.00 bits per heavy atom. The van der Waals surface area contributed by atoms with Gasteiger partial charge in [0.2, 0.25) is 0 Å². The van der Waals surface area contributed by atoms with Crippen molar-refractivity contribution in [2.75, 3.05) is 0 Å². The molecule has 3 nitrogen and oxygen atoms in total. The third-order valence-electron chi connectivity index (χ3n) is 2.54. The molecule has 16 heavy (non-hydrogen) atoms. The molecule has 0 aliphatic rings. The van der Waals surface area contributed by atoms with Gasteiger partial charge in [0.25, 0.3) is 6.47 Å². The Kier molecular flexibility index (Phi) is 1.90. The van der Waals surface area contributed by atoms with E-state index in [0.717, 1.165) is 16.4 Å². The van der Waals surface area contributed by atoms with Crippen LogP contribution in [0.25, 0.3) is 21.9 Å². The Hall–Kier alpha value is -2.29. The lowest BCUT2D eigenvalue weighted by Gasteiger charge is -1.96. The topological polar surface area (TPSA) is 39.4 Å². The van der Waals surface area contributed by atoms with Gasteiger partial charge in [0.05, 0.1) is 0 Å². The second kappa shape index (κ2) is 3.38. The first-order valence-electron chi connectivity index (χ1n) is 4.91. The largest absolute Gasteiger partial charge is 0.452 e. The van der Waals surface area contributed by atoms with E-state index in [1.54, 1.807) is 6.07 Å². The van der Waals surface area contributed by atoms with Crippen LogP contribution in [-0.4, -0.2) is 6.47 Å². The first-order chi connectivity index (χ1) is 7.90. The molecule has 0 saturated carbocycles. The van der Waals surface area contributed by atoms with Crippen molar-refractivity contribution in [1.82, 2.24) is 0 Å². The first kappa shape index (κ1) is 8.97. The molecule has 0 unspecified atom stereocenters. The minimum Gasteiger partial charge on any atom is -0.452 e. The van der Waals surface area contributed by atoms with Gasteiger partial charge in [-0.25, -0.2) is 0 Å². The van der Waals surface area contributed by atoms with Crippen molar-refractivity contribution in [3.8, 4) is 5.75 Å². The van der Waals surface area contributed by atoms with Crippen LogP contribution in [0.5, 0.6) is 5.75 Å². The summed E-state index contributed by atoms with van der Waals surface area (Å²) in [6, 6.07) is 13.2. The molecule has 0 saturated heterocycles. The maximum absolute atomic E-state index is 10.4. The van der Waals surface area contributed by atoms with Gasteiger partial charge in [-0.1, -0.05) is 30.3 Å². The molecule has 78 valence electrons. The second-order valence-corrected chi connectivity index (χ2v) is 3.45. The molecule has 0 fully saturated rings. The van der Waals surface area contributed by atoms with E-state index in [1.165, 1.54) is 0 Å². The summed E-state index contributed by atoms with van der Waals surface area (Å²) in [4.78, 5) is 10.4. The van der Waals surface area contributed by atoms with Crippen LogP contribution < -0.4 is 4.74 Å². The average molecular weight is 212 g/mol. The number of rotatable bonds is 2. The van der Waals surface area contributed by atoms with E-state index in [-0.39, 0.29) is 0 Å². The normalized spacial score (nSPS) is 10.8. The molecule has 0 N–H and O–H groups in total. The standard InChI is InChI=1S/C13H8O3/c14-8-15-12-7-3-5-10-9-4-1-2-6-11(9)16-13(10)12/h1-8H. The molecule has 0 amide bonds. The predicted molar refractivity (Wildman–Crippen MR) is 60.4 cm³/mol. The van der Waals surface area contributed by atoms with Crippen LogP contribution in [0.2, 0.25) is 0 Å². The molecule has 3 aromatic rings. The van der Waals surface area contributed by atoms with Crippen LogP contribution in [0, 0.1) is 0 Å². The Morgan fingerprint density at radius 3 is 2.69 bits per heavy atom. The summed E-state index contributed by atoms with van der Waals surface area (Å²) in [6.45, 7) is 0.405. The van der Waals surface area contributed by atoms with Gasteiger partial charge in [0.15, 0.2) is 11.3 Å². The highest BCUT2D eigenvalue weighted by molar-refractivity contribution is 6.06. The molecule has 0 bridgehead atoms. The van der Waals surface area contributed by atoms with E-state index in [4.69, 9.17) is 9.15 Å². The van der Waals surface area contributed by atoms with Crippen molar-refractivity contribution in [2.24, 2.45) is 0 Å². The van der Waals surface area contributed by atoms with Gasteiger partial charge in [0.1, 0.15) is 5.58 Å². The smallest absolute Gasteiger partial charge is 0.298 e. The van der Waals surface area contributed by atoms with Gasteiger partial charge in [-0.15, -0.1) is 0 Å². The van der Waals surface area contributed by atoms with Crippen LogP contribution >= 0.6 is 0 Å². The minimum absolute atomic E-state index is 0.405. The fraction of sp³-hybridized carbons (Fsp3) is 0. The van der Waals surface area contributed by atoms with E-state index in [1.807, 2.05) is 36.4 Å². The number of hydrogen-bond donors (Lipinski definition) is 0. The average Bonchev–Trinajstić information content (AvgIpc) is 2.69. The molecule has 0 spiro atoms. The van der Waals surface area contributed by atoms with Gasteiger partial charge >= 0.3 is 0 Å². The van der Waals surface area contributed by atoms with Gasteiger partial charge < -0.3 is 9.15 Å². The summed E-state index contributed by atoms with van der Waals surface area (Å²) in [5, 5.41) is 1.98. The van der Waals surface area contributed by atoms with Crippen LogP contribution in [0.4, 0.5) is 0 Å². The van der Waals surface area contributed by atoms with Crippen molar-refractivity contribution < 1.29 is 13.9 Å². The lowest BCUT2D eigenvalue weighted by Crippen LogP contribution is -1.87. The molecule has 1 heterocycles. The number of ether oxygens (including phenoxy) is 1. The SMILES string of the molecule is O=COc1cccc2c1oc1ccccc12. The van der Waals surface area contributed by atoms with Crippen molar-refractivity contribution in [3.05, 3.63) is 42.5 Å². The zero-order valence-electron chi connectivity index (χ0n) is 8.34. The third-order valence-corrected chi connectivity index (χ3v) is 2.54. The van der Waals surface area contributed by atoms with E-state index < -0.39 is 0 Å². The van der Waals surface area contributed by atoms with E-state index in [9.17, 15) is 4.79 Å². The molecule has 0 aliphatic heterocycles. The molecule has 3 rings (SSSR count). The Bertz CT molecular complexity index is 667. The number of para-hydroxylation sites is 2. The summed E-state index contributed by atoms with van der Waals surface area (Å²) in [5.41, 5.74) is 1.40. The highest BCUT2D eigenvalue weighted by Gasteiger charge is 2.10. The van der Waals surface area contributed by atoms with Gasteiger partial charge in [-0.05, 0) is 12.1 Å². The van der Waals surface area contributed by atoms with Crippen LogP contribution in [0.1, 0.15) is 0 Å². The first-order valence-corrected chi connectivity index (χ1v) is 4.91. The number of furan rings is 1. The predicted octanol–water partition coefficient (Wildman–Crippen LogP) is 3.12. The number of benzene rings is 2. The molecule has 0 radical (unpaired) electrons. The summed E-state index contributed by atoms with van der Waals surface area (Å²) in [7, 11) is 0. The van der Waals surface area contributed by atoms with Crippen LogP contribution in [0.3, 0.4) is 0 Å². The fourth-order valence-corrected chi connectivity index (χ4v) is 1.87. The van der Waals surface area contributed by atoms with Crippen molar-refractivity contribution in [1.29, 1.82) is 0 Å². The molecule has 0 aliphatic carbocycles. The molecule has 1 aromatic heterocycles. The molecule has 0 atom stereocenters. The maximum Gasteiger partial charge on any atom is 0.298 e. The van der Waals surface area contributed by atoms with Gasteiger partial charge in [0, 0.05) is 10.8 Å². The zero-order chi connectivity index (χ0) is 11.0. The number of fused-ring (bicyclic) bond motifs is 3. The molecular formula is C13H8O3. The second-order valence-electron chi connectivity index (χ2n) is 3.45. The zero-order valence-corrected chi connectivity index (χ0v) is 8.34.